The lowest BCUT2D eigenvalue weighted by Crippen LogP contribution is -2.32. The molecule has 6 heteroatoms. The van der Waals surface area contributed by atoms with E-state index in [0.29, 0.717) is 5.56 Å². The van der Waals surface area contributed by atoms with E-state index in [4.69, 9.17) is 5.11 Å². The molecule has 0 saturated carbocycles. The number of carbonyl (C=O) groups is 2. The number of aliphatic carboxylic acids is 1. The maximum Gasteiger partial charge on any atom is 0.305 e. The minimum absolute atomic E-state index is 0.192. The number of carbonyl (C=O) groups excluding carboxylic acids is 1. The van der Waals surface area contributed by atoms with Gasteiger partial charge in [0.1, 0.15) is 5.82 Å². The monoisotopic (exact) mass is 321 g/mol. The third-order valence-electron chi connectivity index (χ3n) is 3.32. The molecule has 1 amide bonds. The highest BCUT2D eigenvalue weighted by molar-refractivity contribution is 7.10. The van der Waals surface area contributed by atoms with E-state index in [2.05, 4.69) is 5.32 Å². The van der Waals surface area contributed by atoms with Crippen LogP contribution in [-0.4, -0.2) is 17.0 Å². The van der Waals surface area contributed by atoms with Crippen LogP contribution in [-0.2, 0) is 9.59 Å². The molecule has 116 valence electrons. The summed E-state index contributed by atoms with van der Waals surface area (Å²) in [7, 11) is 0. The maximum absolute atomic E-state index is 13.2. The lowest BCUT2D eigenvalue weighted by atomic mass is 9.99. The molecule has 0 aliphatic carbocycles. The number of carboxylic acid groups (broad SMARTS) is 1. The van der Waals surface area contributed by atoms with Crippen molar-refractivity contribution in [1.82, 2.24) is 5.32 Å². The summed E-state index contributed by atoms with van der Waals surface area (Å²) in [6.07, 6.45) is -0.192. The van der Waals surface area contributed by atoms with Gasteiger partial charge in [-0.1, -0.05) is 18.2 Å². The van der Waals surface area contributed by atoms with E-state index < -0.39 is 23.7 Å². The fraction of sp³-hybridized carbons (Fsp3) is 0.250. The molecule has 0 aliphatic rings. The normalized spacial score (nSPS) is 13.4. The Balaban J connectivity index is 2.12. The number of carboxylic acids is 1. The molecule has 0 unspecified atom stereocenters. The molecule has 2 rings (SSSR count). The molecule has 0 aliphatic heterocycles. The second kappa shape index (κ2) is 7.17. The van der Waals surface area contributed by atoms with E-state index in [0.717, 1.165) is 4.88 Å². The summed E-state index contributed by atoms with van der Waals surface area (Å²) in [5, 5.41) is 13.6. The number of thiophene rings is 1. The highest BCUT2D eigenvalue weighted by Gasteiger charge is 2.23. The smallest absolute Gasteiger partial charge is 0.305 e. The highest BCUT2D eigenvalue weighted by Crippen LogP contribution is 2.24. The largest absolute Gasteiger partial charge is 0.481 e. The summed E-state index contributed by atoms with van der Waals surface area (Å²) >= 11 is 1.39. The fourth-order valence-electron chi connectivity index (χ4n) is 2.11. The Hall–Kier alpha value is -2.21. The summed E-state index contributed by atoms with van der Waals surface area (Å²) in [5.41, 5.74) is 0.553. The molecular weight excluding hydrogens is 305 g/mol. The lowest BCUT2D eigenvalue weighted by Gasteiger charge is -2.19. The van der Waals surface area contributed by atoms with Crippen LogP contribution in [0.4, 0.5) is 4.39 Å². The van der Waals surface area contributed by atoms with E-state index in [1.807, 2.05) is 5.38 Å². The predicted molar refractivity (Wildman–Crippen MR) is 82.3 cm³/mol. The molecule has 1 aromatic carbocycles. The lowest BCUT2D eigenvalue weighted by molar-refractivity contribution is -0.137. The zero-order valence-corrected chi connectivity index (χ0v) is 12.8. The summed E-state index contributed by atoms with van der Waals surface area (Å²) in [4.78, 5) is 24.1. The van der Waals surface area contributed by atoms with Crippen LogP contribution in [0.25, 0.3) is 0 Å². The van der Waals surface area contributed by atoms with Gasteiger partial charge in [0.05, 0.1) is 18.4 Å². The zero-order chi connectivity index (χ0) is 16.1. The first-order valence-corrected chi connectivity index (χ1v) is 7.66. The van der Waals surface area contributed by atoms with Crippen molar-refractivity contribution in [1.29, 1.82) is 0 Å². The zero-order valence-electron chi connectivity index (χ0n) is 12.0. The van der Waals surface area contributed by atoms with Crippen LogP contribution in [0.3, 0.4) is 0 Å². The van der Waals surface area contributed by atoms with Gasteiger partial charge in [-0.25, -0.2) is 4.39 Å². The van der Waals surface area contributed by atoms with E-state index >= 15 is 0 Å². The third-order valence-corrected chi connectivity index (χ3v) is 4.31. The fourth-order valence-corrected chi connectivity index (χ4v) is 2.89. The molecule has 2 atom stereocenters. The van der Waals surface area contributed by atoms with Gasteiger partial charge >= 0.3 is 5.97 Å². The van der Waals surface area contributed by atoms with Gasteiger partial charge in [-0.2, -0.15) is 0 Å². The van der Waals surface area contributed by atoms with Gasteiger partial charge in [0.2, 0.25) is 5.91 Å². The first kappa shape index (κ1) is 16.2. The summed E-state index contributed by atoms with van der Waals surface area (Å²) in [6.45, 7) is 1.66. The van der Waals surface area contributed by atoms with Crippen LogP contribution < -0.4 is 5.32 Å². The minimum Gasteiger partial charge on any atom is -0.481 e. The number of nitrogens with one attached hydrogen (secondary N) is 1. The Morgan fingerprint density at radius 2 is 2.09 bits per heavy atom. The summed E-state index contributed by atoms with van der Waals surface area (Å²) < 4.78 is 13.2. The number of hydrogen-bond acceptors (Lipinski definition) is 3. The topological polar surface area (TPSA) is 66.4 Å². The molecule has 0 bridgehead atoms. The van der Waals surface area contributed by atoms with Crippen molar-refractivity contribution < 1.29 is 19.1 Å². The average Bonchev–Trinajstić information content (AvgIpc) is 2.99. The van der Waals surface area contributed by atoms with Crippen molar-refractivity contribution in [2.75, 3.05) is 0 Å². The first-order chi connectivity index (χ1) is 10.5. The molecule has 4 nitrogen and oxygen atoms in total. The Labute approximate surface area is 131 Å². The van der Waals surface area contributed by atoms with Crippen molar-refractivity contribution in [2.24, 2.45) is 0 Å². The Kier molecular flexibility index (Phi) is 5.27. The third kappa shape index (κ3) is 4.14. The second-order valence-corrected chi connectivity index (χ2v) is 5.93. The standard InChI is InChI=1S/C16H16FNO3S/c1-10(11-4-2-5-12(17)8-11)16(21)18-13(9-15(19)20)14-6-3-7-22-14/h2-8,10,13H,9H2,1H3,(H,18,21)(H,19,20)/t10-,13+/m0/s1. The molecular formula is C16H16FNO3S. The van der Waals surface area contributed by atoms with Gasteiger partial charge in [0.25, 0.3) is 0 Å². The molecule has 0 spiro atoms. The van der Waals surface area contributed by atoms with Crippen LogP contribution in [0.5, 0.6) is 0 Å². The average molecular weight is 321 g/mol. The molecule has 0 fully saturated rings. The molecule has 1 heterocycles. The Morgan fingerprint density at radius 3 is 2.68 bits per heavy atom. The van der Waals surface area contributed by atoms with Gasteiger partial charge in [-0.15, -0.1) is 11.3 Å². The van der Waals surface area contributed by atoms with Crippen LogP contribution in [0.1, 0.15) is 35.7 Å². The van der Waals surface area contributed by atoms with Crippen molar-refractivity contribution in [2.45, 2.75) is 25.3 Å². The molecule has 0 radical (unpaired) electrons. The number of amides is 1. The van der Waals surface area contributed by atoms with Gasteiger partial charge in [0.15, 0.2) is 0 Å². The molecule has 1 aromatic heterocycles. The summed E-state index contributed by atoms with van der Waals surface area (Å²) in [6, 6.07) is 8.84. The van der Waals surface area contributed by atoms with Crippen molar-refractivity contribution in [3.63, 3.8) is 0 Å². The molecule has 2 aromatic rings. The van der Waals surface area contributed by atoms with E-state index in [9.17, 15) is 14.0 Å². The predicted octanol–water partition coefficient (Wildman–Crippen LogP) is 3.32. The van der Waals surface area contributed by atoms with Gasteiger partial charge < -0.3 is 10.4 Å². The first-order valence-electron chi connectivity index (χ1n) is 6.78. The van der Waals surface area contributed by atoms with Crippen LogP contribution in [0.2, 0.25) is 0 Å². The number of halogens is 1. The van der Waals surface area contributed by atoms with Crippen molar-refractivity contribution in [3.05, 3.63) is 58.0 Å². The van der Waals surface area contributed by atoms with Gasteiger partial charge in [0, 0.05) is 4.88 Å². The molecule has 0 saturated heterocycles. The van der Waals surface area contributed by atoms with Crippen LogP contribution in [0, 0.1) is 5.82 Å². The van der Waals surface area contributed by atoms with Gasteiger partial charge in [-0.05, 0) is 36.1 Å². The molecule has 22 heavy (non-hydrogen) atoms. The molecule has 2 N–H and O–H groups in total. The van der Waals surface area contributed by atoms with Crippen molar-refractivity contribution >= 4 is 23.2 Å². The number of hydrogen-bond donors (Lipinski definition) is 2. The van der Waals surface area contributed by atoms with E-state index in [1.165, 1.54) is 23.5 Å². The van der Waals surface area contributed by atoms with Gasteiger partial charge in [-0.3, -0.25) is 9.59 Å². The maximum atomic E-state index is 13.2. The summed E-state index contributed by atoms with van der Waals surface area (Å²) in [5.74, 6) is -2.29. The Morgan fingerprint density at radius 1 is 1.32 bits per heavy atom. The van der Waals surface area contributed by atoms with E-state index in [1.54, 1.807) is 31.2 Å². The second-order valence-electron chi connectivity index (χ2n) is 4.95. The minimum atomic E-state index is -0.989. The van der Waals surface area contributed by atoms with Crippen LogP contribution in [0.15, 0.2) is 41.8 Å². The van der Waals surface area contributed by atoms with Crippen LogP contribution >= 0.6 is 11.3 Å². The quantitative estimate of drug-likeness (QED) is 0.857. The number of benzene rings is 1. The Bertz CT molecular complexity index is 657. The number of rotatable bonds is 6. The highest BCUT2D eigenvalue weighted by atomic mass is 32.1. The van der Waals surface area contributed by atoms with E-state index in [-0.39, 0.29) is 12.3 Å². The van der Waals surface area contributed by atoms with Crippen molar-refractivity contribution in [3.8, 4) is 0 Å². The SMILES string of the molecule is C[C@H](C(=O)N[C@H](CC(=O)O)c1cccs1)c1cccc(F)c1.